The molecule has 0 saturated carbocycles. The van der Waals surface area contributed by atoms with Crippen LogP contribution in [0.3, 0.4) is 0 Å². The van der Waals surface area contributed by atoms with Crippen molar-refractivity contribution in [2.75, 3.05) is 37.0 Å². The maximum absolute atomic E-state index is 15.2. The lowest BCUT2D eigenvalue weighted by atomic mass is 9.91. The van der Waals surface area contributed by atoms with Crippen LogP contribution in [0.25, 0.3) is 32.7 Å². The molecular formula is C30H36N3OP. The number of benzene rings is 4. The lowest BCUT2D eigenvalue weighted by Gasteiger charge is -2.41. The van der Waals surface area contributed by atoms with Gasteiger partial charge in [-0.1, -0.05) is 87.4 Å². The van der Waals surface area contributed by atoms with Crippen LogP contribution in [-0.4, -0.2) is 32.4 Å². The molecule has 0 bridgehead atoms. The third kappa shape index (κ3) is 3.84. The van der Waals surface area contributed by atoms with Gasteiger partial charge in [0.1, 0.15) is 0 Å². The number of nitrogens with zero attached hydrogens (tertiary/aromatic N) is 3. The van der Waals surface area contributed by atoms with Crippen molar-refractivity contribution in [3.05, 3.63) is 72.8 Å². The average Bonchev–Trinajstić information content (AvgIpc) is 2.96. The standard InChI is InChI=1S/C30H36N3OP/c1-6-11-22(2)20-21-31(3)35(34)32(4)27-18-16-23-12-7-9-14-25(23)29(27)30-26-15-10-8-13-24(26)17-19-28(30)33(35)5/h7-10,12-19,22H,6,11,20-21H2,1-5H3. The molecule has 0 saturated heterocycles. The van der Waals surface area contributed by atoms with Crippen molar-refractivity contribution in [3.8, 4) is 11.1 Å². The lowest BCUT2D eigenvalue weighted by molar-refractivity contribution is 0.397. The van der Waals surface area contributed by atoms with Crippen LogP contribution < -0.4 is 9.34 Å². The minimum atomic E-state index is -3.13. The number of fused-ring (bicyclic) bond motifs is 7. The molecule has 1 unspecified atom stereocenters. The zero-order valence-electron chi connectivity index (χ0n) is 21.5. The Bertz CT molecular complexity index is 1340. The molecule has 0 amide bonds. The Morgan fingerprint density at radius 3 is 1.74 bits per heavy atom. The van der Waals surface area contributed by atoms with E-state index in [-0.39, 0.29) is 0 Å². The third-order valence-electron chi connectivity index (χ3n) is 7.71. The van der Waals surface area contributed by atoms with E-state index in [1.165, 1.54) is 34.4 Å². The number of hydrogen-bond acceptors (Lipinski definition) is 1. The Morgan fingerprint density at radius 1 is 0.771 bits per heavy atom. The highest BCUT2D eigenvalue weighted by molar-refractivity contribution is 7.64. The quantitative estimate of drug-likeness (QED) is 0.256. The average molecular weight is 486 g/mol. The Labute approximate surface area is 209 Å². The smallest absolute Gasteiger partial charge is 0.297 e. The number of hydrogen-bond donors (Lipinski definition) is 0. The lowest BCUT2D eigenvalue weighted by Crippen LogP contribution is -2.36. The first-order valence-corrected chi connectivity index (χ1v) is 14.3. The summed E-state index contributed by atoms with van der Waals surface area (Å²) in [5.41, 5.74) is 4.36. The van der Waals surface area contributed by atoms with Gasteiger partial charge in [0, 0.05) is 31.8 Å². The highest BCUT2D eigenvalue weighted by Crippen LogP contribution is 2.64. The SMILES string of the molecule is CCCC(C)CCN(C)P1(=O)N(C)c2ccc3ccccc3c2-c2c(ccc3ccccc23)N1C. The first kappa shape index (κ1) is 23.9. The molecule has 1 heterocycles. The van der Waals surface area contributed by atoms with E-state index in [1.54, 1.807) is 0 Å². The monoisotopic (exact) mass is 485 g/mol. The van der Waals surface area contributed by atoms with Gasteiger partial charge in [-0.2, -0.15) is 0 Å². The molecule has 4 nitrogen and oxygen atoms in total. The van der Waals surface area contributed by atoms with Crippen molar-refractivity contribution >= 4 is 40.5 Å². The van der Waals surface area contributed by atoms with Crippen LogP contribution in [0.4, 0.5) is 11.4 Å². The number of anilines is 2. The molecule has 0 spiro atoms. The molecule has 0 N–H and O–H groups in total. The second-order valence-corrected chi connectivity index (χ2v) is 12.9. The van der Waals surface area contributed by atoms with Crippen molar-refractivity contribution in [3.63, 3.8) is 0 Å². The summed E-state index contributed by atoms with van der Waals surface area (Å²) in [6.45, 7) is 5.33. The Balaban J connectivity index is 1.78. The van der Waals surface area contributed by atoms with E-state index in [9.17, 15) is 0 Å². The van der Waals surface area contributed by atoms with Gasteiger partial charge < -0.3 is 0 Å². The first-order valence-electron chi connectivity index (χ1n) is 12.7. The van der Waals surface area contributed by atoms with E-state index in [0.29, 0.717) is 5.92 Å². The third-order valence-corrected chi connectivity index (χ3v) is 10.8. The van der Waals surface area contributed by atoms with Crippen molar-refractivity contribution in [1.82, 2.24) is 4.67 Å². The Kier molecular flexibility index (Phi) is 6.38. The summed E-state index contributed by atoms with van der Waals surface area (Å²) in [4.78, 5) is 0. The molecule has 1 aliphatic heterocycles. The highest BCUT2D eigenvalue weighted by atomic mass is 31.2. The summed E-state index contributed by atoms with van der Waals surface area (Å²) >= 11 is 0. The summed E-state index contributed by atoms with van der Waals surface area (Å²) in [6.07, 6.45) is 3.42. The second-order valence-electron chi connectivity index (χ2n) is 9.99. The van der Waals surface area contributed by atoms with Crippen molar-refractivity contribution < 1.29 is 4.57 Å². The summed E-state index contributed by atoms with van der Waals surface area (Å²) in [6, 6.07) is 25.7. The van der Waals surface area contributed by atoms with Gasteiger partial charge in [-0.05, 0) is 53.1 Å². The predicted octanol–water partition coefficient (Wildman–Crippen LogP) is 8.41. The van der Waals surface area contributed by atoms with Crippen LogP contribution in [0.2, 0.25) is 0 Å². The van der Waals surface area contributed by atoms with Gasteiger partial charge in [0.05, 0.1) is 11.4 Å². The fraction of sp³-hybridized carbons (Fsp3) is 0.333. The molecule has 5 rings (SSSR count). The highest BCUT2D eigenvalue weighted by Gasteiger charge is 2.43. The molecule has 35 heavy (non-hydrogen) atoms. The van der Waals surface area contributed by atoms with Crippen LogP contribution in [0.5, 0.6) is 0 Å². The zero-order valence-corrected chi connectivity index (χ0v) is 22.4. The van der Waals surface area contributed by atoms with Crippen molar-refractivity contribution in [2.45, 2.75) is 33.1 Å². The molecule has 1 aliphatic rings. The van der Waals surface area contributed by atoms with Gasteiger partial charge in [0.25, 0.3) is 0 Å². The van der Waals surface area contributed by atoms with Gasteiger partial charge >= 0.3 is 7.59 Å². The summed E-state index contributed by atoms with van der Waals surface area (Å²) < 4.78 is 21.4. The molecular weight excluding hydrogens is 449 g/mol. The van der Waals surface area contributed by atoms with Crippen LogP contribution in [0.1, 0.15) is 33.1 Å². The minimum Gasteiger partial charge on any atom is -0.297 e. The van der Waals surface area contributed by atoms with E-state index in [0.717, 1.165) is 35.5 Å². The van der Waals surface area contributed by atoms with Gasteiger partial charge in [0.15, 0.2) is 0 Å². The largest absolute Gasteiger partial charge is 0.334 e. The molecule has 0 aromatic heterocycles. The zero-order chi connectivity index (χ0) is 24.7. The summed E-state index contributed by atoms with van der Waals surface area (Å²) in [7, 11) is 2.91. The molecule has 0 fully saturated rings. The second kappa shape index (κ2) is 9.33. The summed E-state index contributed by atoms with van der Waals surface area (Å²) in [5.74, 6) is 0.615. The van der Waals surface area contributed by atoms with Crippen LogP contribution >= 0.6 is 7.59 Å². The minimum absolute atomic E-state index is 0.615. The van der Waals surface area contributed by atoms with Crippen LogP contribution in [-0.2, 0) is 4.57 Å². The maximum atomic E-state index is 15.2. The Hall–Kier alpha value is -2.81. The van der Waals surface area contributed by atoms with E-state index in [2.05, 4.69) is 91.3 Å². The fourth-order valence-electron chi connectivity index (χ4n) is 5.70. The first-order chi connectivity index (χ1) is 16.9. The fourth-order valence-corrected chi connectivity index (χ4v) is 8.29. The maximum Gasteiger partial charge on any atom is 0.334 e. The van der Waals surface area contributed by atoms with Gasteiger partial charge in [-0.3, -0.25) is 13.9 Å². The molecule has 4 aromatic carbocycles. The summed E-state index contributed by atoms with van der Waals surface area (Å²) in [5, 5.41) is 4.77. The van der Waals surface area contributed by atoms with Crippen molar-refractivity contribution in [2.24, 2.45) is 5.92 Å². The Morgan fingerprint density at radius 2 is 1.26 bits per heavy atom. The number of rotatable bonds is 6. The van der Waals surface area contributed by atoms with E-state index in [1.807, 2.05) is 30.5 Å². The molecule has 182 valence electrons. The molecule has 0 aliphatic carbocycles. The van der Waals surface area contributed by atoms with Crippen molar-refractivity contribution in [1.29, 1.82) is 0 Å². The molecule has 4 aromatic rings. The van der Waals surface area contributed by atoms with E-state index >= 15 is 4.57 Å². The topological polar surface area (TPSA) is 26.8 Å². The van der Waals surface area contributed by atoms with Crippen LogP contribution in [0.15, 0.2) is 72.8 Å². The van der Waals surface area contributed by atoms with Gasteiger partial charge in [-0.15, -0.1) is 0 Å². The van der Waals surface area contributed by atoms with E-state index < -0.39 is 7.59 Å². The van der Waals surface area contributed by atoms with Gasteiger partial charge in [-0.25, -0.2) is 4.67 Å². The van der Waals surface area contributed by atoms with E-state index in [4.69, 9.17) is 0 Å². The molecule has 1 atom stereocenters. The predicted molar refractivity (Wildman–Crippen MR) is 153 cm³/mol. The van der Waals surface area contributed by atoms with Crippen LogP contribution in [0, 0.1) is 5.92 Å². The molecule has 0 radical (unpaired) electrons. The normalized spacial score (nSPS) is 15.8. The van der Waals surface area contributed by atoms with Gasteiger partial charge in [0.2, 0.25) is 0 Å². The molecule has 5 heteroatoms.